The summed E-state index contributed by atoms with van der Waals surface area (Å²) in [6.45, 7) is 1.18. The molecule has 0 N–H and O–H groups in total. The van der Waals surface area contributed by atoms with Crippen LogP contribution in [0.4, 0.5) is 4.39 Å². The van der Waals surface area contributed by atoms with Crippen LogP contribution < -0.4 is 0 Å². The van der Waals surface area contributed by atoms with Crippen LogP contribution >= 0.6 is 27.5 Å². The van der Waals surface area contributed by atoms with Gasteiger partial charge in [0.2, 0.25) is 0 Å². The smallest absolute Gasteiger partial charge is 0.258 e. The number of nitrogens with zero attached hydrogens (tertiary/aromatic N) is 1. The van der Waals surface area contributed by atoms with Gasteiger partial charge in [0.15, 0.2) is 0 Å². The van der Waals surface area contributed by atoms with Gasteiger partial charge in [0, 0.05) is 11.0 Å². The average molecular weight is 399 g/mol. The van der Waals surface area contributed by atoms with E-state index in [1.807, 2.05) is 24.3 Å². The van der Waals surface area contributed by atoms with Gasteiger partial charge in [-0.2, -0.15) is 0 Å². The Hall–Kier alpha value is -1.43. The van der Waals surface area contributed by atoms with Gasteiger partial charge in [-0.25, -0.2) is 4.39 Å². The number of benzene rings is 2. The minimum absolute atomic E-state index is 0.0781. The molecule has 120 valence electrons. The van der Waals surface area contributed by atoms with Crippen LogP contribution in [-0.2, 0) is 4.74 Å². The van der Waals surface area contributed by atoms with E-state index in [0.29, 0.717) is 19.7 Å². The van der Waals surface area contributed by atoms with Crippen molar-refractivity contribution in [3.8, 4) is 0 Å². The van der Waals surface area contributed by atoms with Crippen molar-refractivity contribution in [3.05, 3.63) is 68.9 Å². The number of hydrogen-bond acceptors (Lipinski definition) is 2. The molecule has 0 saturated carbocycles. The molecule has 1 unspecified atom stereocenters. The normalized spacial score (nSPS) is 18.0. The minimum Gasteiger partial charge on any atom is -0.370 e. The van der Waals surface area contributed by atoms with Gasteiger partial charge < -0.3 is 9.64 Å². The van der Waals surface area contributed by atoms with Crippen molar-refractivity contribution in [2.45, 2.75) is 6.10 Å². The van der Waals surface area contributed by atoms with Gasteiger partial charge in [-0.3, -0.25) is 4.79 Å². The van der Waals surface area contributed by atoms with Crippen LogP contribution in [-0.4, -0.2) is 30.5 Å². The highest BCUT2D eigenvalue weighted by Gasteiger charge is 2.28. The predicted molar refractivity (Wildman–Crippen MR) is 90.1 cm³/mol. The van der Waals surface area contributed by atoms with Crippen LogP contribution in [0.2, 0.25) is 5.02 Å². The van der Waals surface area contributed by atoms with E-state index in [0.717, 1.165) is 10.0 Å². The quantitative estimate of drug-likeness (QED) is 0.748. The van der Waals surface area contributed by atoms with E-state index in [1.165, 1.54) is 18.2 Å². The fourth-order valence-electron chi connectivity index (χ4n) is 2.57. The van der Waals surface area contributed by atoms with Gasteiger partial charge in [0.1, 0.15) is 11.9 Å². The summed E-state index contributed by atoms with van der Waals surface area (Å²) in [4.78, 5) is 14.2. The lowest BCUT2D eigenvalue weighted by molar-refractivity contribution is -0.0229. The second kappa shape index (κ2) is 6.99. The average Bonchev–Trinajstić information content (AvgIpc) is 2.55. The van der Waals surface area contributed by atoms with Gasteiger partial charge in [-0.05, 0) is 29.8 Å². The molecular formula is C17H14BrClFNO2. The van der Waals surface area contributed by atoms with Gasteiger partial charge in [0.25, 0.3) is 5.91 Å². The third kappa shape index (κ3) is 3.57. The lowest BCUT2D eigenvalue weighted by Crippen LogP contribution is -2.42. The number of hydrogen-bond donors (Lipinski definition) is 0. The molecule has 1 heterocycles. The molecule has 0 aliphatic carbocycles. The summed E-state index contributed by atoms with van der Waals surface area (Å²) >= 11 is 9.38. The second-order valence-corrected chi connectivity index (χ2v) is 6.58. The van der Waals surface area contributed by atoms with Gasteiger partial charge in [-0.1, -0.05) is 45.7 Å². The van der Waals surface area contributed by atoms with Crippen LogP contribution in [0.1, 0.15) is 22.0 Å². The van der Waals surface area contributed by atoms with E-state index in [2.05, 4.69) is 15.9 Å². The van der Waals surface area contributed by atoms with E-state index in [4.69, 9.17) is 16.3 Å². The molecule has 0 aromatic heterocycles. The molecule has 1 fully saturated rings. The number of halogens is 3. The summed E-state index contributed by atoms with van der Waals surface area (Å²) in [5, 5.41) is 0.127. The molecule has 6 heteroatoms. The molecule has 2 aromatic rings. The highest BCUT2D eigenvalue weighted by atomic mass is 79.9. The third-order valence-electron chi connectivity index (χ3n) is 3.77. The molecule has 23 heavy (non-hydrogen) atoms. The third-order valence-corrected chi connectivity index (χ3v) is 4.62. The van der Waals surface area contributed by atoms with E-state index in [-0.39, 0.29) is 16.7 Å². The Bertz CT molecular complexity index is 703. The van der Waals surface area contributed by atoms with Crippen molar-refractivity contribution in [3.63, 3.8) is 0 Å². The SMILES string of the molecule is O=C(c1c(F)cccc1Cl)N1CCOC(c2ccc(Br)cc2)C1. The molecule has 1 aliphatic rings. The van der Waals surface area contributed by atoms with Crippen molar-refractivity contribution in [2.75, 3.05) is 19.7 Å². The fourth-order valence-corrected chi connectivity index (χ4v) is 3.08. The number of carbonyl (C=O) groups excluding carboxylic acids is 1. The zero-order valence-corrected chi connectivity index (χ0v) is 14.5. The van der Waals surface area contributed by atoms with Crippen LogP contribution in [0.15, 0.2) is 46.9 Å². The Morgan fingerprint density at radius 2 is 2.00 bits per heavy atom. The summed E-state index contributed by atoms with van der Waals surface area (Å²) < 4.78 is 20.7. The Labute approximate surface area is 147 Å². The summed E-state index contributed by atoms with van der Waals surface area (Å²) in [5.74, 6) is -1.01. The Morgan fingerprint density at radius 1 is 1.26 bits per heavy atom. The maximum atomic E-state index is 14.0. The number of ether oxygens (including phenoxy) is 1. The van der Waals surface area contributed by atoms with Crippen molar-refractivity contribution >= 4 is 33.4 Å². The molecule has 0 spiro atoms. The first-order valence-corrected chi connectivity index (χ1v) is 8.33. The predicted octanol–water partition coefficient (Wildman–Crippen LogP) is 4.46. The van der Waals surface area contributed by atoms with Crippen molar-refractivity contribution < 1.29 is 13.9 Å². The molecule has 0 radical (unpaired) electrons. The molecule has 1 atom stereocenters. The van der Waals surface area contributed by atoms with E-state index in [9.17, 15) is 9.18 Å². The van der Waals surface area contributed by atoms with E-state index >= 15 is 0 Å². The first kappa shape index (κ1) is 16.4. The molecule has 1 amide bonds. The van der Waals surface area contributed by atoms with Crippen molar-refractivity contribution in [1.29, 1.82) is 0 Å². The standard InChI is InChI=1S/C17H14BrClFNO2/c18-12-6-4-11(5-7-12)15-10-21(8-9-23-15)17(22)16-13(19)2-1-3-14(16)20/h1-7,15H,8-10H2. The molecule has 1 saturated heterocycles. The number of amides is 1. The Morgan fingerprint density at radius 3 is 2.70 bits per heavy atom. The summed E-state index contributed by atoms with van der Waals surface area (Å²) in [5.41, 5.74) is 0.899. The van der Waals surface area contributed by atoms with E-state index in [1.54, 1.807) is 4.90 Å². The van der Waals surface area contributed by atoms with Gasteiger partial charge >= 0.3 is 0 Å². The lowest BCUT2D eigenvalue weighted by Gasteiger charge is -2.33. The summed E-state index contributed by atoms with van der Waals surface area (Å²) in [6, 6.07) is 12.0. The first-order valence-electron chi connectivity index (χ1n) is 7.16. The summed E-state index contributed by atoms with van der Waals surface area (Å²) in [7, 11) is 0. The Balaban J connectivity index is 1.81. The van der Waals surface area contributed by atoms with Gasteiger partial charge in [-0.15, -0.1) is 0 Å². The second-order valence-electron chi connectivity index (χ2n) is 5.26. The molecule has 3 nitrogen and oxygen atoms in total. The van der Waals surface area contributed by atoms with Gasteiger partial charge in [0.05, 0.1) is 23.7 Å². The number of carbonyl (C=O) groups is 1. The van der Waals surface area contributed by atoms with Crippen LogP contribution in [0.5, 0.6) is 0 Å². The van der Waals surface area contributed by atoms with E-state index < -0.39 is 11.7 Å². The summed E-state index contributed by atoms with van der Waals surface area (Å²) in [6.07, 6.45) is -0.230. The lowest BCUT2D eigenvalue weighted by atomic mass is 10.1. The van der Waals surface area contributed by atoms with Crippen LogP contribution in [0, 0.1) is 5.82 Å². The highest BCUT2D eigenvalue weighted by molar-refractivity contribution is 9.10. The van der Waals surface area contributed by atoms with Crippen LogP contribution in [0.25, 0.3) is 0 Å². The molecular weight excluding hydrogens is 385 g/mol. The monoisotopic (exact) mass is 397 g/mol. The molecule has 3 rings (SSSR count). The first-order chi connectivity index (χ1) is 11.1. The topological polar surface area (TPSA) is 29.5 Å². The number of rotatable bonds is 2. The van der Waals surface area contributed by atoms with Crippen LogP contribution in [0.3, 0.4) is 0 Å². The molecule has 2 aromatic carbocycles. The zero-order chi connectivity index (χ0) is 16.4. The highest BCUT2D eigenvalue weighted by Crippen LogP contribution is 2.27. The number of morpholine rings is 1. The largest absolute Gasteiger partial charge is 0.370 e. The maximum Gasteiger partial charge on any atom is 0.258 e. The van der Waals surface area contributed by atoms with Crippen molar-refractivity contribution in [1.82, 2.24) is 4.90 Å². The minimum atomic E-state index is -0.603. The zero-order valence-electron chi connectivity index (χ0n) is 12.1. The van der Waals surface area contributed by atoms with Crippen molar-refractivity contribution in [2.24, 2.45) is 0 Å². The maximum absolute atomic E-state index is 14.0. The Kier molecular flexibility index (Phi) is 4.99. The molecule has 0 bridgehead atoms. The molecule has 1 aliphatic heterocycles. The fraction of sp³-hybridized carbons (Fsp3) is 0.235.